The van der Waals surface area contributed by atoms with E-state index < -0.39 is 11.7 Å². The molecule has 0 aliphatic heterocycles. The minimum absolute atomic E-state index is 0.0179. The summed E-state index contributed by atoms with van der Waals surface area (Å²) in [5.74, 6) is -0.710. The van der Waals surface area contributed by atoms with Gasteiger partial charge in [0.1, 0.15) is 5.82 Å². The van der Waals surface area contributed by atoms with E-state index in [0.717, 1.165) is 10.1 Å². The summed E-state index contributed by atoms with van der Waals surface area (Å²) in [4.78, 5) is 12.0. The van der Waals surface area contributed by atoms with Gasteiger partial charge in [-0.15, -0.1) is 0 Å². The number of benzene rings is 2. The number of amides is 1. The number of halogens is 2. The van der Waals surface area contributed by atoms with Crippen molar-refractivity contribution in [3.8, 4) is 0 Å². The van der Waals surface area contributed by atoms with E-state index in [4.69, 9.17) is 11.6 Å². The van der Waals surface area contributed by atoms with Crippen molar-refractivity contribution in [2.45, 2.75) is 0 Å². The van der Waals surface area contributed by atoms with Gasteiger partial charge in [-0.3, -0.25) is 4.79 Å². The second kappa shape index (κ2) is 5.19. The number of nitrogens with one attached hydrogen (secondary N) is 1. The van der Waals surface area contributed by atoms with Crippen LogP contribution < -0.4 is 5.32 Å². The van der Waals surface area contributed by atoms with Gasteiger partial charge in [-0.05, 0) is 41.9 Å². The van der Waals surface area contributed by atoms with Crippen molar-refractivity contribution in [2.75, 3.05) is 5.32 Å². The van der Waals surface area contributed by atoms with Gasteiger partial charge in [-0.2, -0.15) is 4.37 Å². The van der Waals surface area contributed by atoms with Gasteiger partial charge in [0.15, 0.2) is 5.82 Å². The van der Waals surface area contributed by atoms with Gasteiger partial charge in [0.05, 0.1) is 10.3 Å². The molecule has 0 fully saturated rings. The van der Waals surface area contributed by atoms with Crippen molar-refractivity contribution in [1.82, 2.24) is 4.37 Å². The first-order valence-electron chi connectivity index (χ1n) is 5.76. The molecule has 1 N–H and O–H groups in total. The van der Waals surface area contributed by atoms with E-state index >= 15 is 0 Å². The zero-order valence-electron chi connectivity index (χ0n) is 10.1. The molecule has 1 heterocycles. The van der Waals surface area contributed by atoms with Crippen molar-refractivity contribution >= 4 is 44.9 Å². The molecule has 3 aromatic rings. The third-order valence-electron chi connectivity index (χ3n) is 2.78. The number of aromatic nitrogens is 1. The molecule has 100 valence electrons. The van der Waals surface area contributed by atoms with Gasteiger partial charge < -0.3 is 5.32 Å². The Labute approximate surface area is 123 Å². The summed E-state index contributed by atoms with van der Waals surface area (Å²) in [5.41, 5.74) is -0.0179. The number of fused-ring (bicyclic) bond motifs is 1. The predicted octanol–water partition coefficient (Wildman–Crippen LogP) is 4.34. The number of anilines is 1. The van der Waals surface area contributed by atoms with Gasteiger partial charge in [0, 0.05) is 10.4 Å². The molecule has 0 radical (unpaired) electrons. The smallest absolute Gasteiger partial charge is 0.259 e. The fourth-order valence-corrected chi connectivity index (χ4v) is 2.71. The molecule has 0 aliphatic rings. The van der Waals surface area contributed by atoms with E-state index in [-0.39, 0.29) is 5.56 Å². The van der Waals surface area contributed by atoms with Gasteiger partial charge in [0.25, 0.3) is 5.91 Å². The third-order valence-corrected chi connectivity index (χ3v) is 3.84. The molecular formula is C14H8ClFN2OS. The lowest BCUT2D eigenvalue weighted by Crippen LogP contribution is -2.13. The zero-order chi connectivity index (χ0) is 14.1. The van der Waals surface area contributed by atoms with Crippen LogP contribution in [0.3, 0.4) is 0 Å². The van der Waals surface area contributed by atoms with Crippen LogP contribution in [-0.2, 0) is 0 Å². The lowest BCUT2D eigenvalue weighted by atomic mass is 10.2. The summed E-state index contributed by atoms with van der Waals surface area (Å²) in [7, 11) is 0. The highest BCUT2D eigenvalue weighted by Gasteiger charge is 2.14. The molecule has 6 heteroatoms. The molecule has 0 aliphatic carbocycles. The van der Waals surface area contributed by atoms with Crippen LogP contribution in [0.15, 0.2) is 42.5 Å². The molecule has 1 amide bonds. The Balaban J connectivity index is 1.96. The van der Waals surface area contributed by atoms with Crippen LogP contribution in [0.4, 0.5) is 10.2 Å². The first-order valence-corrected chi connectivity index (χ1v) is 6.91. The maximum Gasteiger partial charge on any atom is 0.259 e. The van der Waals surface area contributed by atoms with E-state index in [0.29, 0.717) is 10.8 Å². The Morgan fingerprint density at radius 3 is 2.85 bits per heavy atom. The van der Waals surface area contributed by atoms with Crippen molar-refractivity contribution in [1.29, 1.82) is 0 Å². The topological polar surface area (TPSA) is 42.0 Å². The van der Waals surface area contributed by atoms with Crippen LogP contribution in [0, 0.1) is 5.82 Å². The fraction of sp³-hybridized carbons (Fsp3) is 0. The summed E-state index contributed by atoms with van der Waals surface area (Å²) >= 11 is 7.18. The minimum Gasteiger partial charge on any atom is -0.305 e. The highest BCUT2D eigenvalue weighted by molar-refractivity contribution is 7.13. The molecule has 20 heavy (non-hydrogen) atoms. The minimum atomic E-state index is -0.567. The molecular weight excluding hydrogens is 299 g/mol. The normalized spacial score (nSPS) is 10.7. The lowest BCUT2D eigenvalue weighted by Gasteiger charge is -2.03. The second-order valence-electron chi connectivity index (χ2n) is 4.11. The zero-order valence-corrected chi connectivity index (χ0v) is 11.6. The lowest BCUT2D eigenvalue weighted by molar-refractivity contribution is 0.102. The number of hydrogen-bond donors (Lipinski definition) is 1. The van der Waals surface area contributed by atoms with E-state index in [2.05, 4.69) is 9.69 Å². The van der Waals surface area contributed by atoms with E-state index in [1.165, 1.54) is 29.7 Å². The van der Waals surface area contributed by atoms with Gasteiger partial charge >= 0.3 is 0 Å². The predicted molar refractivity (Wildman–Crippen MR) is 79.0 cm³/mol. The van der Waals surface area contributed by atoms with E-state index in [9.17, 15) is 9.18 Å². The highest BCUT2D eigenvalue weighted by Crippen LogP contribution is 2.29. The molecule has 0 saturated carbocycles. The Kier molecular flexibility index (Phi) is 3.38. The van der Waals surface area contributed by atoms with E-state index in [1.807, 2.05) is 6.07 Å². The summed E-state index contributed by atoms with van der Waals surface area (Å²) < 4.78 is 18.6. The fourth-order valence-electron chi connectivity index (χ4n) is 1.82. The van der Waals surface area contributed by atoms with Crippen LogP contribution in [-0.4, -0.2) is 10.3 Å². The number of carbonyl (C=O) groups excluding carboxylic acids is 1. The van der Waals surface area contributed by atoms with Gasteiger partial charge in [-0.1, -0.05) is 23.7 Å². The molecule has 0 bridgehead atoms. The van der Waals surface area contributed by atoms with Gasteiger partial charge in [0.2, 0.25) is 0 Å². The average Bonchev–Trinajstić information content (AvgIpc) is 2.82. The third kappa shape index (κ3) is 2.37. The standard InChI is InChI=1S/C14H8ClFN2OS/c15-8-5-6-12-10(7-8)13(18-20-12)17-14(19)9-3-1-2-4-11(9)16/h1-7H,(H,17,18,19). The number of hydrogen-bond acceptors (Lipinski definition) is 3. The van der Waals surface area contributed by atoms with Crippen LogP contribution in [0.2, 0.25) is 5.02 Å². The van der Waals surface area contributed by atoms with Crippen molar-refractivity contribution in [2.24, 2.45) is 0 Å². The van der Waals surface area contributed by atoms with Gasteiger partial charge in [-0.25, -0.2) is 4.39 Å². The number of rotatable bonds is 2. The van der Waals surface area contributed by atoms with Crippen LogP contribution in [0.5, 0.6) is 0 Å². The molecule has 2 aromatic carbocycles. The Hall–Kier alpha value is -1.98. The molecule has 1 aromatic heterocycles. The van der Waals surface area contributed by atoms with Crippen molar-refractivity contribution in [3.05, 3.63) is 58.9 Å². The highest BCUT2D eigenvalue weighted by atomic mass is 35.5. The quantitative estimate of drug-likeness (QED) is 0.765. The molecule has 0 unspecified atom stereocenters. The summed E-state index contributed by atoms with van der Waals surface area (Å²) in [6.45, 7) is 0. The first-order chi connectivity index (χ1) is 9.65. The average molecular weight is 307 g/mol. The van der Waals surface area contributed by atoms with Crippen molar-refractivity contribution in [3.63, 3.8) is 0 Å². The maximum absolute atomic E-state index is 13.5. The molecule has 0 saturated heterocycles. The summed E-state index contributed by atoms with van der Waals surface area (Å²) in [6.07, 6.45) is 0. The SMILES string of the molecule is O=C(Nc1nsc2ccc(Cl)cc12)c1ccccc1F. The van der Waals surface area contributed by atoms with Crippen LogP contribution >= 0.6 is 23.1 Å². The van der Waals surface area contributed by atoms with Crippen LogP contribution in [0.25, 0.3) is 10.1 Å². The summed E-state index contributed by atoms with van der Waals surface area (Å²) in [5, 5.41) is 3.91. The van der Waals surface area contributed by atoms with Crippen molar-refractivity contribution < 1.29 is 9.18 Å². The monoisotopic (exact) mass is 306 g/mol. The molecule has 3 nitrogen and oxygen atoms in total. The van der Waals surface area contributed by atoms with Crippen LogP contribution in [0.1, 0.15) is 10.4 Å². The van der Waals surface area contributed by atoms with E-state index in [1.54, 1.807) is 18.2 Å². The summed E-state index contributed by atoms with van der Waals surface area (Å²) in [6, 6.07) is 11.1. The first kappa shape index (κ1) is 13.0. The Bertz CT molecular complexity index is 803. The largest absolute Gasteiger partial charge is 0.305 e. The molecule has 0 spiro atoms. The molecule has 0 atom stereocenters. The molecule has 3 rings (SSSR count). The maximum atomic E-state index is 13.5. The number of carbonyl (C=O) groups is 1. The second-order valence-corrected chi connectivity index (χ2v) is 5.35. The Morgan fingerprint density at radius 1 is 1.25 bits per heavy atom. The number of nitrogens with zero attached hydrogens (tertiary/aromatic N) is 1. The Morgan fingerprint density at radius 2 is 2.05 bits per heavy atom.